The molecule has 0 aromatic heterocycles. The third kappa shape index (κ3) is 11.7. The standard InChI is InChI=1S/C14H27NO4/c1-2-3-4-5-6-7-8-9-13(17)15-11-10-12(16)14(18)19/h12,16H,2-11H2,1H3,(H,15,17)(H,18,19). The maximum absolute atomic E-state index is 11.4. The van der Waals surface area contributed by atoms with E-state index in [0.717, 1.165) is 12.8 Å². The van der Waals surface area contributed by atoms with Gasteiger partial charge < -0.3 is 15.5 Å². The van der Waals surface area contributed by atoms with E-state index in [2.05, 4.69) is 12.2 Å². The molecule has 0 rings (SSSR count). The summed E-state index contributed by atoms with van der Waals surface area (Å²) in [5, 5.41) is 20.1. The third-order valence-electron chi connectivity index (χ3n) is 3.03. The molecular weight excluding hydrogens is 246 g/mol. The minimum Gasteiger partial charge on any atom is -0.479 e. The number of aliphatic hydroxyl groups excluding tert-OH is 1. The molecule has 1 amide bonds. The lowest BCUT2D eigenvalue weighted by Gasteiger charge is -2.07. The number of aliphatic hydroxyl groups is 1. The van der Waals surface area contributed by atoms with E-state index < -0.39 is 12.1 Å². The van der Waals surface area contributed by atoms with Crippen LogP contribution in [0.5, 0.6) is 0 Å². The van der Waals surface area contributed by atoms with Gasteiger partial charge in [-0.2, -0.15) is 0 Å². The highest BCUT2D eigenvalue weighted by molar-refractivity contribution is 5.76. The predicted molar refractivity (Wildman–Crippen MR) is 73.9 cm³/mol. The molecule has 0 radical (unpaired) electrons. The molecule has 19 heavy (non-hydrogen) atoms. The van der Waals surface area contributed by atoms with Gasteiger partial charge in [0.15, 0.2) is 6.10 Å². The SMILES string of the molecule is CCCCCCCCCC(=O)NCCC(O)C(=O)O. The monoisotopic (exact) mass is 273 g/mol. The van der Waals surface area contributed by atoms with Crippen LogP contribution in [0.3, 0.4) is 0 Å². The van der Waals surface area contributed by atoms with Crippen molar-refractivity contribution in [2.24, 2.45) is 0 Å². The van der Waals surface area contributed by atoms with Gasteiger partial charge >= 0.3 is 5.97 Å². The average Bonchev–Trinajstić information content (AvgIpc) is 2.37. The Morgan fingerprint density at radius 3 is 2.21 bits per heavy atom. The summed E-state index contributed by atoms with van der Waals surface area (Å²) in [6.07, 6.45) is 7.29. The lowest BCUT2D eigenvalue weighted by molar-refractivity contribution is -0.147. The molecule has 0 spiro atoms. The van der Waals surface area contributed by atoms with Crippen molar-refractivity contribution < 1.29 is 19.8 Å². The van der Waals surface area contributed by atoms with E-state index in [1.54, 1.807) is 0 Å². The fourth-order valence-corrected chi connectivity index (χ4v) is 1.80. The molecular formula is C14H27NO4. The Balaban J connectivity index is 3.33. The molecule has 0 fully saturated rings. The van der Waals surface area contributed by atoms with Crippen molar-refractivity contribution >= 4 is 11.9 Å². The van der Waals surface area contributed by atoms with Gasteiger partial charge in [0.25, 0.3) is 0 Å². The number of carboxylic acids is 1. The topological polar surface area (TPSA) is 86.6 Å². The van der Waals surface area contributed by atoms with Crippen molar-refractivity contribution in [2.75, 3.05) is 6.54 Å². The van der Waals surface area contributed by atoms with E-state index in [1.807, 2.05) is 0 Å². The van der Waals surface area contributed by atoms with E-state index in [-0.39, 0.29) is 18.9 Å². The van der Waals surface area contributed by atoms with Crippen LogP contribution in [0.1, 0.15) is 64.7 Å². The summed E-state index contributed by atoms with van der Waals surface area (Å²) in [5.41, 5.74) is 0. The zero-order chi connectivity index (χ0) is 14.5. The van der Waals surface area contributed by atoms with Crippen molar-refractivity contribution in [1.29, 1.82) is 0 Å². The van der Waals surface area contributed by atoms with Gasteiger partial charge in [-0.25, -0.2) is 4.79 Å². The second-order valence-corrected chi connectivity index (χ2v) is 4.86. The number of hydrogen-bond acceptors (Lipinski definition) is 3. The molecule has 0 aliphatic heterocycles. The van der Waals surface area contributed by atoms with Crippen molar-refractivity contribution in [3.05, 3.63) is 0 Å². The van der Waals surface area contributed by atoms with Crippen molar-refractivity contribution in [1.82, 2.24) is 5.32 Å². The molecule has 0 aromatic rings. The van der Waals surface area contributed by atoms with E-state index in [9.17, 15) is 9.59 Å². The Bertz CT molecular complexity index is 256. The van der Waals surface area contributed by atoms with Gasteiger partial charge in [-0.3, -0.25) is 4.79 Å². The molecule has 0 saturated heterocycles. The fraction of sp³-hybridized carbons (Fsp3) is 0.857. The molecule has 0 heterocycles. The highest BCUT2D eigenvalue weighted by atomic mass is 16.4. The molecule has 5 nitrogen and oxygen atoms in total. The summed E-state index contributed by atoms with van der Waals surface area (Å²) < 4.78 is 0. The molecule has 0 aliphatic carbocycles. The number of carbonyl (C=O) groups is 2. The van der Waals surface area contributed by atoms with Crippen LogP contribution >= 0.6 is 0 Å². The van der Waals surface area contributed by atoms with Gasteiger partial charge in [0.1, 0.15) is 0 Å². The van der Waals surface area contributed by atoms with E-state index in [4.69, 9.17) is 10.2 Å². The summed E-state index contributed by atoms with van der Waals surface area (Å²) >= 11 is 0. The maximum Gasteiger partial charge on any atom is 0.332 e. The summed E-state index contributed by atoms with van der Waals surface area (Å²) in [6, 6.07) is 0. The minimum atomic E-state index is -1.39. The van der Waals surface area contributed by atoms with Gasteiger partial charge in [0.2, 0.25) is 5.91 Å². The number of rotatable bonds is 12. The van der Waals surface area contributed by atoms with Crippen molar-refractivity contribution in [3.63, 3.8) is 0 Å². The molecule has 0 aliphatic rings. The quantitative estimate of drug-likeness (QED) is 0.475. The largest absolute Gasteiger partial charge is 0.479 e. The Morgan fingerprint density at radius 2 is 1.63 bits per heavy atom. The lowest BCUT2D eigenvalue weighted by atomic mass is 10.1. The first-order valence-electron chi connectivity index (χ1n) is 7.25. The Kier molecular flexibility index (Phi) is 11.3. The minimum absolute atomic E-state index is 0.0537. The van der Waals surface area contributed by atoms with Crippen molar-refractivity contribution in [3.8, 4) is 0 Å². The maximum atomic E-state index is 11.4. The van der Waals surface area contributed by atoms with E-state index >= 15 is 0 Å². The smallest absolute Gasteiger partial charge is 0.332 e. The number of unbranched alkanes of at least 4 members (excludes halogenated alkanes) is 6. The number of hydrogen-bond donors (Lipinski definition) is 3. The predicted octanol–water partition coefficient (Wildman–Crippen LogP) is 2.08. The Labute approximate surface area is 115 Å². The van der Waals surface area contributed by atoms with Crippen LogP contribution in [0.2, 0.25) is 0 Å². The normalized spacial score (nSPS) is 12.1. The van der Waals surface area contributed by atoms with Crippen LogP contribution in [0.15, 0.2) is 0 Å². The summed E-state index contributed by atoms with van der Waals surface area (Å²) in [5.74, 6) is -1.31. The Hall–Kier alpha value is -1.10. The first kappa shape index (κ1) is 17.9. The first-order valence-corrected chi connectivity index (χ1v) is 7.25. The molecule has 0 aromatic carbocycles. The fourth-order valence-electron chi connectivity index (χ4n) is 1.80. The summed E-state index contributed by atoms with van der Waals surface area (Å²) in [7, 11) is 0. The van der Waals surface area contributed by atoms with Gasteiger partial charge in [0, 0.05) is 19.4 Å². The Morgan fingerprint density at radius 1 is 1.05 bits per heavy atom. The second kappa shape index (κ2) is 12.0. The van der Waals surface area contributed by atoms with Gasteiger partial charge in [0.05, 0.1) is 0 Å². The van der Waals surface area contributed by atoms with Crippen LogP contribution in [0.25, 0.3) is 0 Å². The number of carbonyl (C=O) groups excluding carboxylic acids is 1. The van der Waals surface area contributed by atoms with Gasteiger partial charge in [-0.1, -0.05) is 45.4 Å². The molecule has 5 heteroatoms. The molecule has 0 saturated carbocycles. The summed E-state index contributed by atoms with van der Waals surface area (Å²) in [6.45, 7) is 2.40. The average molecular weight is 273 g/mol. The van der Waals surface area contributed by atoms with Crippen LogP contribution in [0, 0.1) is 0 Å². The van der Waals surface area contributed by atoms with Crippen LogP contribution in [-0.2, 0) is 9.59 Å². The van der Waals surface area contributed by atoms with Crippen LogP contribution in [-0.4, -0.2) is 34.7 Å². The van der Waals surface area contributed by atoms with E-state index in [0.29, 0.717) is 6.42 Å². The van der Waals surface area contributed by atoms with Gasteiger partial charge in [-0.05, 0) is 6.42 Å². The first-order chi connectivity index (χ1) is 9.07. The summed E-state index contributed by atoms with van der Waals surface area (Å²) in [4.78, 5) is 21.7. The highest BCUT2D eigenvalue weighted by Crippen LogP contribution is 2.08. The van der Waals surface area contributed by atoms with Crippen LogP contribution in [0.4, 0.5) is 0 Å². The van der Waals surface area contributed by atoms with E-state index in [1.165, 1.54) is 32.1 Å². The number of amides is 1. The molecule has 1 atom stereocenters. The molecule has 3 N–H and O–H groups in total. The molecule has 112 valence electrons. The third-order valence-corrected chi connectivity index (χ3v) is 3.03. The number of nitrogens with one attached hydrogen (secondary N) is 1. The number of carboxylic acid groups (broad SMARTS) is 1. The number of aliphatic carboxylic acids is 1. The zero-order valence-electron chi connectivity index (χ0n) is 11.9. The van der Waals surface area contributed by atoms with Crippen molar-refractivity contribution in [2.45, 2.75) is 70.8 Å². The zero-order valence-corrected chi connectivity index (χ0v) is 11.9. The van der Waals surface area contributed by atoms with Gasteiger partial charge in [-0.15, -0.1) is 0 Å². The highest BCUT2D eigenvalue weighted by Gasteiger charge is 2.12. The molecule has 0 bridgehead atoms. The lowest BCUT2D eigenvalue weighted by Crippen LogP contribution is -2.29. The van der Waals surface area contributed by atoms with Crippen LogP contribution < -0.4 is 5.32 Å². The molecule has 1 unspecified atom stereocenters. The second-order valence-electron chi connectivity index (χ2n) is 4.86.